The Bertz CT molecular complexity index is 434. The Morgan fingerprint density at radius 2 is 1.48 bits per heavy atom. The van der Waals surface area contributed by atoms with Crippen molar-refractivity contribution < 1.29 is 23.8 Å². The Labute approximate surface area is 125 Å². The SMILES string of the molecule is CCCOc1ccc(C(C(=O)OCC)C(=O)OCC)cc1. The van der Waals surface area contributed by atoms with Crippen LogP contribution in [0.2, 0.25) is 0 Å². The van der Waals surface area contributed by atoms with Gasteiger partial charge in [-0.15, -0.1) is 0 Å². The summed E-state index contributed by atoms with van der Waals surface area (Å²) in [5.41, 5.74) is 0.538. The predicted molar refractivity (Wildman–Crippen MR) is 78.2 cm³/mol. The molecule has 0 amide bonds. The molecule has 0 bridgehead atoms. The number of carbonyl (C=O) groups is 2. The Morgan fingerprint density at radius 3 is 1.90 bits per heavy atom. The molecule has 0 aromatic heterocycles. The van der Waals surface area contributed by atoms with Gasteiger partial charge >= 0.3 is 11.9 Å². The zero-order chi connectivity index (χ0) is 15.7. The maximum atomic E-state index is 12.0. The summed E-state index contributed by atoms with van der Waals surface area (Å²) in [6.45, 7) is 6.47. The smallest absolute Gasteiger partial charge is 0.324 e. The van der Waals surface area contributed by atoms with E-state index in [9.17, 15) is 9.59 Å². The number of hydrogen-bond acceptors (Lipinski definition) is 5. The topological polar surface area (TPSA) is 61.8 Å². The molecule has 116 valence electrons. The summed E-state index contributed by atoms with van der Waals surface area (Å²) in [5, 5.41) is 0. The first-order valence-electron chi connectivity index (χ1n) is 7.20. The predicted octanol–water partition coefficient (Wildman–Crippen LogP) is 2.69. The van der Waals surface area contributed by atoms with Crippen molar-refractivity contribution in [1.29, 1.82) is 0 Å². The van der Waals surface area contributed by atoms with Gasteiger partial charge in [-0.1, -0.05) is 19.1 Å². The van der Waals surface area contributed by atoms with Gasteiger partial charge in [0.05, 0.1) is 19.8 Å². The molecule has 1 rings (SSSR count). The number of esters is 2. The van der Waals surface area contributed by atoms with Crippen molar-refractivity contribution in [3.8, 4) is 5.75 Å². The molecule has 21 heavy (non-hydrogen) atoms. The molecule has 0 N–H and O–H groups in total. The summed E-state index contributed by atoms with van der Waals surface area (Å²) in [6, 6.07) is 6.83. The summed E-state index contributed by atoms with van der Waals surface area (Å²) in [7, 11) is 0. The van der Waals surface area contributed by atoms with Crippen LogP contribution in [0.3, 0.4) is 0 Å². The van der Waals surface area contributed by atoms with E-state index in [2.05, 4.69) is 0 Å². The lowest BCUT2D eigenvalue weighted by molar-refractivity contribution is -0.156. The molecule has 5 heteroatoms. The average molecular weight is 294 g/mol. The molecule has 0 aliphatic heterocycles. The van der Waals surface area contributed by atoms with Crippen LogP contribution in [0.15, 0.2) is 24.3 Å². The fraction of sp³-hybridized carbons (Fsp3) is 0.500. The van der Waals surface area contributed by atoms with Crippen molar-refractivity contribution in [3.05, 3.63) is 29.8 Å². The highest BCUT2D eigenvalue weighted by atomic mass is 16.6. The molecule has 0 atom stereocenters. The number of benzene rings is 1. The molecule has 0 unspecified atom stereocenters. The van der Waals surface area contributed by atoms with Crippen molar-refractivity contribution in [1.82, 2.24) is 0 Å². The molecule has 0 saturated carbocycles. The molecule has 0 aliphatic rings. The Morgan fingerprint density at radius 1 is 0.952 bits per heavy atom. The lowest BCUT2D eigenvalue weighted by Gasteiger charge is -2.15. The van der Waals surface area contributed by atoms with E-state index >= 15 is 0 Å². The van der Waals surface area contributed by atoms with E-state index in [4.69, 9.17) is 14.2 Å². The van der Waals surface area contributed by atoms with Gasteiger partial charge in [0.1, 0.15) is 5.75 Å². The number of rotatable bonds is 8. The third-order valence-corrected chi connectivity index (χ3v) is 2.73. The van der Waals surface area contributed by atoms with E-state index < -0.39 is 17.9 Å². The molecule has 0 saturated heterocycles. The first-order chi connectivity index (χ1) is 10.1. The van der Waals surface area contributed by atoms with Gasteiger partial charge < -0.3 is 14.2 Å². The molecule has 1 aromatic carbocycles. The minimum Gasteiger partial charge on any atom is -0.494 e. The molecule has 0 radical (unpaired) electrons. The summed E-state index contributed by atoms with van der Waals surface area (Å²) < 4.78 is 15.4. The Balaban J connectivity index is 2.91. The van der Waals surface area contributed by atoms with Gasteiger partial charge in [0.15, 0.2) is 5.92 Å². The van der Waals surface area contributed by atoms with Gasteiger partial charge in [0.2, 0.25) is 0 Å². The van der Waals surface area contributed by atoms with Gasteiger partial charge in [-0.2, -0.15) is 0 Å². The van der Waals surface area contributed by atoms with E-state index in [0.717, 1.165) is 6.42 Å². The fourth-order valence-electron chi connectivity index (χ4n) is 1.80. The highest BCUT2D eigenvalue weighted by Crippen LogP contribution is 2.22. The van der Waals surface area contributed by atoms with Crippen molar-refractivity contribution in [2.75, 3.05) is 19.8 Å². The molecule has 0 aliphatic carbocycles. The maximum Gasteiger partial charge on any atom is 0.324 e. The van der Waals surface area contributed by atoms with E-state index in [1.54, 1.807) is 38.1 Å². The van der Waals surface area contributed by atoms with E-state index in [-0.39, 0.29) is 13.2 Å². The highest BCUT2D eigenvalue weighted by molar-refractivity contribution is 6.00. The molecule has 0 fully saturated rings. The average Bonchev–Trinajstić information content (AvgIpc) is 2.47. The van der Waals surface area contributed by atoms with Crippen molar-refractivity contribution >= 4 is 11.9 Å². The summed E-state index contributed by atoms with van der Waals surface area (Å²) in [6.07, 6.45) is 0.913. The van der Waals surface area contributed by atoms with Crippen LogP contribution in [0, 0.1) is 0 Å². The van der Waals surface area contributed by atoms with Gasteiger partial charge in [0.25, 0.3) is 0 Å². The molecular formula is C16H22O5. The molecule has 0 spiro atoms. The van der Waals surface area contributed by atoms with E-state index in [1.165, 1.54) is 0 Å². The lowest BCUT2D eigenvalue weighted by Crippen LogP contribution is -2.26. The van der Waals surface area contributed by atoms with Crippen LogP contribution < -0.4 is 4.74 Å². The standard InChI is InChI=1S/C16H22O5/c1-4-11-21-13-9-7-12(8-10-13)14(15(17)19-5-2)16(18)20-6-3/h7-10,14H,4-6,11H2,1-3H3. The number of carbonyl (C=O) groups excluding carboxylic acids is 2. The summed E-state index contributed by atoms with van der Waals surface area (Å²) >= 11 is 0. The largest absolute Gasteiger partial charge is 0.494 e. The quantitative estimate of drug-likeness (QED) is 0.545. The zero-order valence-corrected chi connectivity index (χ0v) is 12.8. The summed E-state index contributed by atoms with van der Waals surface area (Å²) in [4.78, 5) is 23.9. The molecule has 5 nitrogen and oxygen atoms in total. The zero-order valence-electron chi connectivity index (χ0n) is 12.8. The monoisotopic (exact) mass is 294 g/mol. The van der Waals surface area contributed by atoms with Crippen LogP contribution in [0.1, 0.15) is 38.7 Å². The first kappa shape index (κ1) is 17.0. The maximum absolute atomic E-state index is 12.0. The van der Waals surface area contributed by atoms with Gasteiger partial charge in [-0.05, 0) is 38.0 Å². The molecule has 1 aromatic rings. The second-order valence-electron chi connectivity index (χ2n) is 4.35. The lowest BCUT2D eigenvalue weighted by atomic mass is 9.99. The van der Waals surface area contributed by atoms with Crippen LogP contribution in [-0.2, 0) is 19.1 Å². The van der Waals surface area contributed by atoms with Crippen molar-refractivity contribution in [2.45, 2.75) is 33.1 Å². The Hall–Kier alpha value is -2.04. The minimum atomic E-state index is -1.05. The van der Waals surface area contributed by atoms with E-state index in [0.29, 0.717) is 17.9 Å². The normalized spacial score (nSPS) is 10.3. The van der Waals surface area contributed by atoms with Crippen LogP contribution in [0.4, 0.5) is 0 Å². The van der Waals surface area contributed by atoms with Gasteiger partial charge in [-0.25, -0.2) is 0 Å². The minimum absolute atomic E-state index is 0.215. The van der Waals surface area contributed by atoms with Crippen LogP contribution in [0.25, 0.3) is 0 Å². The molecular weight excluding hydrogens is 272 g/mol. The van der Waals surface area contributed by atoms with Crippen molar-refractivity contribution in [3.63, 3.8) is 0 Å². The Kier molecular flexibility index (Phi) is 7.29. The third kappa shape index (κ3) is 5.10. The van der Waals surface area contributed by atoms with Crippen LogP contribution in [-0.4, -0.2) is 31.8 Å². The third-order valence-electron chi connectivity index (χ3n) is 2.73. The number of hydrogen-bond donors (Lipinski definition) is 0. The van der Waals surface area contributed by atoms with Crippen molar-refractivity contribution in [2.24, 2.45) is 0 Å². The van der Waals surface area contributed by atoms with Gasteiger partial charge in [0, 0.05) is 0 Å². The van der Waals surface area contributed by atoms with E-state index in [1.807, 2.05) is 6.92 Å². The van der Waals surface area contributed by atoms with Crippen LogP contribution in [0.5, 0.6) is 5.75 Å². The second-order valence-corrected chi connectivity index (χ2v) is 4.35. The number of ether oxygens (including phenoxy) is 3. The second kappa shape index (κ2) is 9.00. The van der Waals surface area contributed by atoms with Crippen LogP contribution >= 0.6 is 0 Å². The first-order valence-corrected chi connectivity index (χ1v) is 7.20. The summed E-state index contributed by atoms with van der Waals surface area (Å²) in [5.74, 6) is -1.55. The van der Waals surface area contributed by atoms with Gasteiger partial charge in [-0.3, -0.25) is 9.59 Å². The highest BCUT2D eigenvalue weighted by Gasteiger charge is 2.31. The fourth-order valence-corrected chi connectivity index (χ4v) is 1.80. The molecule has 0 heterocycles.